The Labute approximate surface area is 166 Å². The number of likely N-dealkylation sites (tertiary alicyclic amines) is 1. The molecule has 28 heavy (non-hydrogen) atoms. The average molecular weight is 404 g/mol. The third-order valence-electron chi connectivity index (χ3n) is 4.70. The molecule has 1 amide bonds. The fraction of sp³-hybridized carbons (Fsp3) is 0.250. The van der Waals surface area contributed by atoms with Gasteiger partial charge in [-0.05, 0) is 42.0 Å². The van der Waals surface area contributed by atoms with Gasteiger partial charge >= 0.3 is 0 Å². The van der Waals surface area contributed by atoms with Crippen LogP contribution in [0.4, 0.5) is 0 Å². The van der Waals surface area contributed by atoms with Gasteiger partial charge in [-0.3, -0.25) is 14.4 Å². The highest BCUT2D eigenvalue weighted by Crippen LogP contribution is 2.40. The molecule has 146 valence electrons. The summed E-state index contributed by atoms with van der Waals surface area (Å²) < 4.78 is 5.10. The molecular formula is C20H18ClNO6. The van der Waals surface area contributed by atoms with Crippen molar-refractivity contribution in [3.63, 3.8) is 0 Å². The van der Waals surface area contributed by atoms with Crippen LogP contribution in [-0.4, -0.2) is 52.8 Å². The van der Waals surface area contributed by atoms with Gasteiger partial charge in [0.2, 0.25) is 5.78 Å². The zero-order valence-electron chi connectivity index (χ0n) is 15.0. The number of ketones is 2. The van der Waals surface area contributed by atoms with Crippen molar-refractivity contribution < 1.29 is 29.3 Å². The molecule has 0 aromatic heterocycles. The fourth-order valence-corrected chi connectivity index (χ4v) is 3.51. The Balaban J connectivity index is 2.09. The van der Waals surface area contributed by atoms with E-state index in [0.29, 0.717) is 10.6 Å². The van der Waals surface area contributed by atoms with Gasteiger partial charge in [-0.2, -0.15) is 0 Å². The van der Waals surface area contributed by atoms with Crippen LogP contribution in [0.1, 0.15) is 22.0 Å². The number of halogens is 1. The average Bonchev–Trinajstić information content (AvgIpc) is 2.94. The van der Waals surface area contributed by atoms with Gasteiger partial charge in [0, 0.05) is 17.1 Å². The van der Waals surface area contributed by atoms with Crippen molar-refractivity contribution in [1.29, 1.82) is 0 Å². The summed E-state index contributed by atoms with van der Waals surface area (Å²) in [4.78, 5) is 39.4. The van der Waals surface area contributed by atoms with Gasteiger partial charge in [0.05, 0.1) is 19.8 Å². The predicted octanol–water partition coefficient (Wildman–Crippen LogP) is 2.00. The molecule has 2 atom stereocenters. The van der Waals surface area contributed by atoms with E-state index in [0.717, 1.165) is 0 Å². The summed E-state index contributed by atoms with van der Waals surface area (Å²) in [5, 5.41) is 19.6. The Hall–Kier alpha value is -2.90. The number of phenolic OH excluding ortho intramolecular Hbond substituents is 1. The van der Waals surface area contributed by atoms with Gasteiger partial charge in [-0.1, -0.05) is 17.7 Å². The highest BCUT2D eigenvalue weighted by molar-refractivity contribution is 6.44. The molecule has 0 aliphatic carbocycles. The first-order valence-corrected chi connectivity index (χ1v) is 8.89. The number of aliphatic hydroxyl groups is 1. The van der Waals surface area contributed by atoms with Crippen LogP contribution >= 0.6 is 11.6 Å². The number of methoxy groups -OCH3 is 1. The minimum Gasteiger partial charge on any atom is -0.504 e. The Morgan fingerprint density at radius 3 is 2.46 bits per heavy atom. The second-order valence-corrected chi connectivity index (χ2v) is 6.75. The molecule has 2 unspecified atom stereocenters. The molecule has 0 spiro atoms. The number of nitrogens with zero attached hydrogens (tertiary/aromatic N) is 1. The smallest absolute Gasteiger partial charge is 0.291 e. The standard InChI is InChI=1S/C20H18ClNO6/c1-28-15-10-12(4-7-14(15)24)17-16(19(26)20(27)22(17)8-9-23)18(25)11-2-5-13(21)6-3-11/h2-7,10,16-17,23-24H,8-9H2,1H3. The van der Waals surface area contributed by atoms with E-state index in [1.54, 1.807) is 0 Å². The number of rotatable bonds is 6. The number of aliphatic hydroxyl groups excluding tert-OH is 1. The summed E-state index contributed by atoms with van der Waals surface area (Å²) in [5.41, 5.74) is 0.687. The first kappa shape index (κ1) is 19.9. The molecule has 2 N–H and O–H groups in total. The first-order chi connectivity index (χ1) is 13.4. The number of hydrogen-bond acceptors (Lipinski definition) is 6. The van der Waals surface area contributed by atoms with Crippen LogP contribution in [0.3, 0.4) is 0 Å². The molecule has 2 aromatic rings. The molecule has 0 radical (unpaired) electrons. The summed E-state index contributed by atoms with van der Waals surface area (Å²) in [6, 6.07) is 9.46. The van der Waals surface area contributed by atoms with E-state index in [4.69, 9.17) is 16.3 Å². The van der Waals surface area contributed by atoms with Gasteiger partial charge in [-0.25, -0.2) is 0 Å². The number of amides is 1. The zero-order chi connectivity index (χ0) is 20.4. The molecule has 1 heterocycles. The Bertz CT molecular complexity index is 927. The van der Waals surface area contributed by atoms with Crippen molar-refractivity contribution in [2.24, 2.45) is 5.92 Å². The lowest BCUT2D eigenvalue weighted by molar-refractivity contribution is -0.141. The van der Waals surface area contributed by atoms with E-state index in [-0.39, 0.29) is 30.2 Å². The lowest BCUT2D eigenvalue weighted by Gasteiger charge is -2.27. The zero-order valence-corrected chi connectivity index (χ0v) is 15.7. The van der Waals surface area contributed by atoms with E-state index in [1.807, 2.05) is 0 Å². The molecule has 0 bridgehead atoms. The Morgan fingerprint density at radius 2 is 1.86 bits per heavy atom. The molecule has 1 fully saturated rings. The van der Waals surface area contributed by atoms with Crippen LogP contribution in [0.25, 0.3) is 0 Å². The molecule has 2 aromatic carbocycles. The maximum Gasteiger partial charge on any atom is 0.291 e. The second kappa shape index (κ2) is 8.00. The second-order valence-electron chi connectivity index (χ2n) is 6.31. The van der Waals surface area contributed by atoms with Gasteiger partial charge in [0.1, 0.15) is 5.92 Å². The summed E-state index contributed by atoms with van der Waals surface area (Å²) in [5.74, 6) is -3.45. The quantitative estimate of drug-likeness (QED) is 0.434. The van der Waals surface area contributed by atoms with Crippen LogP contribution in [0.2, 0.25) is 5.02 Å². The Kier molecular flexibility index (Phi) is 5.67. The van der Waals surface area contributed by atoms with E-state index in [1.165, 1.54) is 54.5 Å². The van der Waals surface area contributed by atoms with E-state index < -0.39 is 29.4 Å². The van der Waals surface area contributed by atoms with Gasteiger partial charge in [0.25, 0.3) is 5.91 Å². The van der Waals surface area contributed by atoms with Crippen LogP contribution in [0, 0.1) is 5.92 Å². The van der Waals surface area contributed by atoms with Crippen LogP contribution < -0.4 is 4.74 Å². The van der Waals surface area contributed by atoms with Crippen molar-refractivity contribution in [2.45, 2.75) is 6.04 Å². The number of benzene rings is 2. The molecular weight excluding hydrogens is 386 g/mol. The lowest BCUT2D eigenvalue weighted by Crippen LogP contribution is -2.33. The van der Waals surface area contributed by atoms with Gasteiger partial charge in [-0.15, -0.1) is 0 Å². The highest BCUT2D eigenvalue weighted by Gasteiger charge is 2.51. The van der Waals surface area contributed by atoms with E-state index in [2.05, 4.69) is 0 Å². The fourth-order valence-electron chi connectivity index (χ4n) is 3.38. The number of hydrogen-bond donors (Lipinski definition) is 2. The van der Waals surface area contributed by atoms with Crippen molar-refractivity contribution in [2.75, 3.05) is 20.3 Å². The lowest BCUT2D eigenvalue weighted by atomic mass is 9.86. The van der Waals surface area contributed by atoms with Crippen LogP contribution in [0.5, 0.6) is 11.5 Å². The minimum absolute atomic E-state index is 0.108. The maximum absolute atomic E-state index is 13.1. The SMILES string of the molecule is COc1cc(C2C(C(=O)c3ccc(Cl)cc3)C(=O)C(=O)N2CCO)ccc1O. The van der Waals surface area contributed by atoms with Crippen molar-refractivity contribution in [3.05, 3.63) is 58.6 Å². The number of phenols is 1. The number of aromatic hydroxyl groups is 1. The first-order valence-electron chi connectivity index (χ1n) is 8.51. The minimum atomic E-state index is -1.28. The summed E-state index contributed by atoms with van der Waals surface area (Å²) in [7, 11) is 1.37. The molecule has 0 saturated carbocycles. The molecule has 7 nitrogen and oxygen atoms in total. The number of β-amino-alcohol motifs (C(OH)–C–C–N with tert-alkyl or cyclic N) is 1. The number of ether oxygens (including phenoxy) is 1. The summed E-state index contributed by atoms with van der Waals surface area (Å²) >= 11 is 5.86. The largest absolute Gasteiger partial charge is 0.504 e. The van der Waals surface area contributed by atoms with Crippen LogP contribution in [-0.2, 0) is 9.59 Å². The number of carbonyl (C=O) groups excluding carboxylic acids is 3. The Morgan fingerprint density at radius 1 is 1.18 bits per heavy atom. The molecule has 1 aliphatic rings. The molecule has 1 saturated heterocycles. The highest BCUT2D eigenvalue weighted by atomic mass is 35.5. The molecule has 3 rings (SSSR count). The summed E-state index contributed by atoms with van der Waals surface area (Å²) in [6.45, 7) is -0.477. The summed E-state index contributed by atoms with van der Waals surface area (Å²) in [6.07, 6.45) is 0. The normalized spacial score (nSPS) is 19.2. The van der Waals surface area contributed by atoms with Crippen molar-refractivity contribution in [3.8, 4) is 11.5 Å². The van der Waals surface area contributed by atoms with Crippen molar-refractivity contribution in [1.82, 2.24) is 4.90 Å². The number of Topliss-reactive ketones (excluding diaryl/α,β-unsaturated/α-hetero) is 2. The molecule has 1 aliphatic heterocycles. The van der Waals surface area contributed by atoms with Gasteiger partial charge in [0.15, 0.2) is 17.3 Å². The van der Waals surface area contributed by atoms with E-state index >= 15 is 0 Å². The topological polar surface area (TPSA) is 104 Å². The van der Waals surface area contributed by atoms with E-state index in [9.17, 15) is 24.6 Å². The van der Waals surface area contributed by atoms with Gasteiger partial charge < -0.3 is 19.8 Å². The van der Waals surface area contributed by atoms with Crippen molar-refractivity contribution >= 4 is 29.1 Å². The predicted molar refractivity (Wildman–Crippen MR) is 100 cm³/mol. The molecule has 8 heteroatoms. The maximum atomic E-state index is 13.1. The third kappa shape index (κ3) is 3.46. The number of carbonyl (C=O) groups is 3. The third-order valence-corrected chi connectivity index (χ3v) is 4.96. The van der Waals surface area contributed by atoms with Crippen LogP contribution in [0.15, 0.2) is 42.5 Å². The monoisotopic (exact) mass is 403 g/mol.